The maximum absolute atomic E-state index is 12.1. The number of hydrogen-bond donors (Lipinski definition) is 1. The monoisotopic (exact) mass is 466 g/mol. The minimum Gasteiger partial charge on any atom is -0.320 e. The number of pyridine rings is 1. The van der Waals surface area contributed by atoms with Crippen LogP contribution in [0, 0.1) is 0 Å². The molecule has 0 fully saturated rings. The molecule has 0 unspecified atom stereocenters. The van der Waals surface area contributed by atoms with Crippen LogP contribution < -0.4 is 5.32 Å². The zero-order valence-corrected chi connectivity index (χ0v) is 14.8. The lowest BCUT2D eigenvalue weighted by atomic mass is 10.2. The summed E-state index contributed by atoms with van der Waals surface area (Å²) in [5.74, 6) is -0.244. The number of benzene rings is 1. The van der Waals surface area contributed by atoms with Crippen LogP contribution in [0.4, 0.5) is 5.69 Å². The Morgan fingerprint density at radius 1 is 1.11 bits per heavy atom. The Morgan fingerprint density at radius 2 is 1.74 bits per heavy atom. The van der Waals surface area contributed by atoms with E-state index in [1.165, 1.54) is 6.20 Å². The van der Waals surface area contributed by atoms with Crippen molar-refractivity contribution in [1.29, 1.82) is 0 Å². The second-order valence-electron chi connectivity index (χ2n) is 3.60. The highest BCUT2D eigenvalue weighted by atomic mass is 79.9. The smallest absolute Gasteiger partial charge is 0.255 e. The first-order valence-corrected chi connectivity index (χ1v) is 7.80. The summed E-state index contributed by atoms with van der Waals surface area (Å²) >= 11 is 15.8. The van der Waals surface area contributed by atoms with Gasteiger partial charge in [0.2, 0.25) is 0 Å². The van der Waals surface area contributed by atoms with Crippen LogP contribution in [0.25, 0.3) is 0 Å². The predicted molar refractivity (Wildman–Crippen MR) is 86.7 cm³/mol. The minimum atomic E-state index is -0.244. The standard InChI is InChI=1S/C12H6Br3ClN2O/c13-7-1-6(2-8(14)3-7)12(19)18-10-4-9(16)5-17-11(10)15/h1-5H,(H,18,19). The summed E-state index contributed by atoms with van der Waals surface area (Å²) in [7, 11) is 0. The highest BCUT2D eigenvalue weighted by Gasteiger charge is 2.11. The SMILES string of the molecule is O=C(Nc1cc(Cl)cnc1Br)c1cc(Br)cc(Br)c1. The predicted octanol–water partition coefficient (Wildman–Crippen LogP) is 5.27. The molecule has 0 bridgehead atoms. The van der Waals surface area contributed by atoms with Crippen molar-refractivity contribution in [2.24, 2.45) is 0 Å². The molecule has 0 spiro atoms. The molecule has 2 aromatic rings. The van der Waals surface area contributed by atoms with E-state index in [1.807, 2.05) is 6.07 Å². The largest absolute Gasteiger partial charge is 0.320 e. The molecular formula is C12H6Br3ClN2O. The molecule has 2 rings (SSSR count). The van der Waals surface area contributed by atoms with Gasteiger partial charge in [-0.1, -0.05) is 43.5 Å². The molecule has 1 aromatic carbocycles. The lowest BCUT2D eigenvalue weighted by Crippen LogP contribution is -2.12. The summed E-state index contributed by atoms with van der Waals surface area (Å²) in [6.45, 7) is 0. The van der Waals surface area contributed by atoms with Gasteiger partial charge in [-0.15, -0.1) is 0 Å². The third-order valence-electron chi connectivity index (χ3n) is 2.18. The number of anilines is 1. The molecule has 0 aliphatic rings. The average molecular weight is 469 g/mol. The van der Waals surface area contributed by atoms with E-state index in [0.29, 0.717) is 20.9 Å². The van der Waals surface area contributed by atoms with Crippen molar-refractivity contribution in [1.82, 2.24) is 4.98 Å². The zero-order valence-electron chi connectivity index (χ0n) is 9.25. The molecule has 7 heteroatoms. The van der Waals surface area contributed by atoms with Crippen LogP contribution in [0.15, 0.2) is 44.0 Å². The summed E-state index contributed by atoms with van der Waals surface area (Å²) in [6, 6.07) is 6.94. The van der Waals surface area contributed by atoms with Crippen LogP contribution in [-0.2, 0) is 0 Å². The maximum atomic E-state index is 12.1. The van der Waals surface area contributed by atoms with Gasteiger partial charge < -0.3 is 5.32 Å². The van der Waals surface area contributed by atoms with Gasteiger partial charge >= 0.3 is 0 Å². The molecule has 19 heavy (non-hydrogen) atoms. The molecule has 1 amide bonds. The number of carbonyl (C=O) groups is 1. The van der Waals surface area contributed by atoms with E-state index in [-0.39, 0.29) is 5.91 Å². The van der Waals surface area contributed by atoms with Gasteiger partial charge in [0.15, 0.2) is 0 Å². The summed E-state index contributed by atoms with van der Waals surface area (Å²) < 4.78 is 2.16. The van der Waals surface area contributed by atoms with Crippen molar-refractivity contribution in [3.63, 3.8) is 0 Å². The van der Waals surface area contributed by atoms with Crippen molar-refractivity contribution < 1.29 is 4.79 Å². The molecule has 0 aliphatic carbocycles. The van der Waals surface area contributed by atoms with Gasteiger partial charge in [0.25, 0.3) is 5.91 Å². The molecule has 3 nitrogen and oxygen atoms in total. The summed E-state index contributed by atoms with van der Waals surface area (Å²) in [4.78, 5) is 16.1. The van der Waals surface area contributed by atoms with Crippen molar-refractivity contribution in [2.45, 2.75) is 0 Å². The molecule has 0 aliphatic heterocycles. The second-order valence-corrected chi connectivity index (χ2v) is 6.62. The molecule has 1 heterocycles. The number of rotatable bonds is 2. The van der Waals surface area contributed by atoms with Crippen LogP contribution in [0.5, 0.6) is 0 Å². The average Bonchev–Trinajstić information content (AvgIpc) is 2.32. The van der Waals surface area contributed by atoms with E-state index in [2.05, 4.69) is 58.1 Å². The quantitative estimate of drug-likeness (QED) is 0.609. The molecule has 0 radical (unpaired) electrons. The van der Waals surface area contributed by atoms with Crippen LogP contribution in [0.3, 0.4) is 0 Å². The van der Waals surface area contributed by atoms with E-state index in [4.69, 9.17) is 11.6 Å². The highest BCUT2D eigenvalue weighted by molar-refractivity contribution is 9.11. The van der Waals surface area contributed by atoms with Crippen molar-refractivity contribution in [2.75, 3.05) is 5.32 Å². The number of hydrogen-bond acceptors (Lipinski definition) is 2. The molecule has 98 valence electrons. The van der Waals surface area contributed by atoms with E-state index >= 15 is 0 Å². The molecule has 1 N–H and O–H groups in total. The second kappa shape index (κ2) is 6.35. The molecule has 0 atom stereocenters. The highest BCUT2D eigenvalue weighted by Crippen LogP contribution is 2.25. The first-order valence-electron chi connectivity index (χ1n) is 5.04. The lowest BCUT2D eigenvalue weighted by Gasteiger charge is -2.08. The van der Waals surface area contributed by atoms with Gasteiger partial charge in [-0.3, -0.25) is 4.79 Å². The number of aromatic nitrogens is 1. The Balaban J connectivity index is 2.28. The number of halogens is 4. The fourth-order valence-corrected chi connectivity index (χ4v) is 3.16. The van der Waals surface area contributed by atoms with E-state index in [0.717, 1.165) is 8.95 Å². The van der Waals surface area contributed by atoms with Gasteiger partial charge in [0, 0.05) is 20.7 Å². The lowest BCUT2D eigenvalue weighted by molar-refractivity contribution is 0.102. The number of carbonyl (C=O) groups excluding carboxylic acids is 1. The third kappa shape index (κ3) is 4.02. The molecule has 0 saturated carbocycles. The van der Waals surface area contributed by atoms with Gasteiger partial charge in [-0.2, -0.15) is 0 Å². The van der Waals surface area contributed by atoms with Crippen LogP contribution in [0.2, 0.25) is 5.02 Å². The fraction of sp³-hybridized carbons (Fsp3) is 0. The summed E-state index contributed by atoms with van der Waals surface area (Å²) in [5, 5.41) is 3.20. The van der Waals surface area contributed by atoms with E-state index in [1.54, 1.807) is 18.2 Å². The van der Waals surface area contributed by atoms with E-state index < -0.39 is 0 Å². The Kier molecular flexibility index (Phi) is 5.00. The topological polar surface area (TPSA) is 42.0 Å². The summed E-state index contributed by atoms with van der Waals surface area (Å²) in [5.41, 5.74) is 1.04. The minimum absolute atomic E-state index is 0.244. The van der Waals surface area contributed by atoms with Gasteiger partial charge in [0.05, 0.1) is 10.7 Å². The molecular weight excluding hydrogens is 463 g/mol. The third-order valence-corrected chi connectivity index (χ3v) is 3.93. The Hall–Kier alpha value is -0.430. The number of amides is 1. The van der Waals surface area contributed by atoms with Gasteiger partial charge in [0.1, 0.15) is 4.60 Å². The van der Waals surface area contributed by atoms with Crippen LogP contribution in [0.1, 0.15) is 10.4 Å². The first-order chi connectivity index (χ1) is 8.95. The number of nitrogens with one attached hydrogen (secondary N) is 1. The molecule has 1 aromatic heterocycles. The fourth-order valence-electron chi connectivity index (χ4n) is 1.39. The van der Waals surface area contributed by atoms with Crippen molar-refractivity contribution in [3.8, 4) is 0 Å². The number of nitrogens with zero attached hydrogens (tertiary/aromatic N) is 1. The first kappa shape index (κ1) is 15.0. The van der Waals surface area contributed by atoms with E-state index in [9.17, 15) is 4.79 Å². The van der Waals surface area contributed by atoms with Crippen LogP contribution in [-0.4, -0.2) is 10.9 Å². The van der Waals surface area contributed by atoms with Gasteiger partial charge in [-0.05, 0) is 40.2 Å². The maximum Gasteiger partial charge on any atom is 0.255 e. The van der Waals surface area contributed by atoms with Crippen molar-refractivity contribution >= 4 is 71.0 Å². The van der Waals surface area contributed by atoms with Crippen LogP contribution >= 0.6 is 59.4 Å². The Bertz CT molecular complexity index is 629. The normalized spacial score (nSPS) is 10.3. The molecule has 0 saturated heterocycles. The summed E-state index contributed by atoms with van der Waals surface area (Å²) in [6.07, 6.45) is 1.50. The zero-order chi connectivity index (χ0) is 14.0. The Morgan fingerprint density at radius 3 is 2.37 bits per heavy atom. The van der Waals surface area contributed by atoms with Crippen molar-refractivity contribution in [3.05, 3.63) is 54.6 Å². The van der Waals surface area contributed by atoms with Gasteiger partial charge in [-0.25, -0.2) is 4.98 Å². The Labute approximate surface area is 140 Å².